The molecule has 3 aromatic rings. The van der Waals surface area contributed by atoms with Crippen LogP contribution in [0.2, 0.25) is 0 Å². The van der Waals surface area contributed by atoms with Crippen LogP contribution < -0.4 is 5.32 Å². The second-order valence-corrected chi connectivity index (χ2v) is 8.14. The highest BCUT2D eigenvalue weighted by atomic mass is 16.5. The molecule has 1 amide bonds. The van der Waals surface area contributed by atoms with Gasteiger partial charge in [-0.25, -0.2) is 9.67 Å². The van der Waals surface area contributed by atoms with Gasteiger partial charge in [0.25, 0.3) is 0 Å². The summed E-state index contributed by atoms with van der Waals surface area (Å²) >= 11 is 0. The average molecular weight is 406 g/mol. The van der Waals surface area contributed by atoms with Gasteiger partial charge >= 0.3 is 0 Å². The monoisotopic (exact) mass is 406 g/mol. The smallest absolute Gasteiger partial charge is 0.226 e. The van der Waals surface area contributed by atoms with Gasteiger partial charge < -0.3 is 10.1 Å². The molecule has 1 N–H and O–H groups in total. The molecule has 0 unspecified atom stereocenters. The Kier molecular flexibility index (Phi) is 5.08. The number of hydrogen-bond acceptors (Lipinski definition) is 5. The number of carbonyl (C=O) groups excluding carboxylic acids is 1. The van der Waals surface area contributed by atoms with Crippen LogP contribution in [-0.2, 0) is 29.0 Å². The van der Waals surface area contributed by atoms with E-state index in [0.717, 1.165) is 36.5 Å². The van der Waals surface area contributed by atoms with Crippen LogP contribution in [-0.4, -0.2) is 43.1 Å². The van der Waals surface area contributed by atoms with Gasteiger partial charge in [0.2, 0.25) is 5.91 Å². The number of rotatable bonds is 5. The minimum atomic E-state index is -0.248. The molecule has 156 valence electrons. The molecule has 5 rings (SSSR count). The van der Waals surface area contributed by atoms with Crippen molar-refractivity contribution in [2.45, 2.75) is 51.4 Å². The predicted molar refractivity (Wildman–Crippen MR) is 110 cm³/mol. The molecule has 8 nitrogen and oxygen atoms in total. The second-order valence-electron chi connectivity index (χ2n) is 8.14. The first-order valence-corrected chi connectivity index (χ1v) is 10.5. The lowest BCUT2D eigenvalue weighted by molar-refractivity contribution is -0.127. The first-order chi connectivity index (χ1) is 14.7. The summed E-state index contributed by atoms with van der Waals surface area (Å²) in [4.78, 5) is 17.5. The Bertz CT molecular complexity index is 1030. The van der Waals surface area contributed by atoms with E-state index >= 15 is 0 Å². The predicted octanol–water partition coefficient (Wildman–Crippen LogP) is 2.04. The number of amides is 1. The fourth-order valence-electron chi connectivity index (χ4n) is 4.43. The van der Waals surface area contributed by atoms with Gasteiger partial charge in [-0.05, 0) is 25.3 Å². The van der Waals surface area contributed by atoms with Crippen LogP contribution in [0, 0.1) is 12.8 Å². The van der Waals surface area contributed by atoms with E-state index in [-0.39, 0.29) is 24.0 Å². The molecule has 30 heavy (non-hydrogen) atoms. The van der Waals surface area contributed by atoms with E-state index in [0.29, 0.717) is 19.7 Å². The van der Waals surface area contributed by atoms with Crippen molar-refractivity contribution in [3.63, 3.8) is 0 Å². The maximum Gasteiger partial charge on any atom is 0.226 e. The van der Waals surface area contributed by atoms with Gasteiger partial charge in [-0.1, -0.05) is 30.3 Å². The van der Waals surface area contributed by atoms with Gasteiger partial charge in [0.15, 0.2) is 0 Å². The highest BCUT2D eigenvalue weighted by Crippen LogP contribution is 2.34. The van der Waals surface area contributed by atoms with E-state index in [2.05, 4.69) is 32.6 Å². The highest BCUT2D eigenvalue weighted by molar-refractivity contribution is 5.80. The lowest BCUT2D eigenvalue weighted by Crippen LogP contribution is -2.44. The summed E-state index contributed by atoms with van der Waals surface area (Å²) in [5.74, 6) is 1.65. The van der Waals surface area contributed by atoms with Gasteiger partial charge in [0, 0.05) is 30.8 Å². The summed E-state index contributed by atoms with van der Waals surface area (Å²) in [6, 6.07) is 10.3. The normalized spacial score (nSPS) is 23.3. The van der Waals surface area contributed by atoms with E-state index in [1.165, 1.54) is 5.56 Å². The van der Waals surface area contributed by atoms with Crippen molar-refractivity contribution in [3.05, 3.63) is 65.5 Å². The lowest BCUT2D eigenvalue weighted by Gasteiger charge is -2.26. The van der Waals surface area contributed by atoms with Crippen molar-refractivity contribution in [1.29, 1.82) is 0 Å². The minimum Gasteiger partial charge on any atom is -0.373 e. The fourth-order valence-corrected chi connectivity index (χ4v) is 4.43. The largest absolute Gasteiger partial charge is 0.373 e. The molecule has 2 aliphatic rings. The summed E-state index contributed by atoms with van der Waals surface area (Å²) in [6.07, 6.45) is 6.02. The standard InChI is InChI=1S/C22H26N6O2/c1-15-24-20-8-7-18(14-28(20)26-15)25-22(29)19-9-10-30-21(19)17-11-23-27(13-17)12-16-5-3-2-4-6-16/h2-6,11,13,18-19,21H,7-10,12,14H2,1H3,(H,25,29)/t18-,19-,21+/m0/s1. The maximum atomic E-state index is 13.0. The van der Waals surface area contributed by atoms with Gasteiger partial charge in [0.05, 0.1) is 31.3 Å². The van der Waals surface area contributed by atoms with E-state index in [9.17, 15) is 4.79 Å². The third-order valence-electron chi connectivity index (χ3n) is 5.91. The van der Waals surface area contributed by atoms with Gasteiger partial charge in [0.1, 0.15) is 11.6 Å². The zero-order valence-electron chi connectivity index (χ0n) is 17.1. The molecular formula is C22H26N6O2. The van der Waals surface area contributed by atoms with Gasteiger partial charge in [-0.3, -0.25) is 9.48 Å². The van der Waals surface area contributed by atoms with Crippen molar-refractivity contribution < 1.29 is 9.53 Å². The number of nitrogens with one attached hydrogen (secondary N) is 1. The van der Waals surface area contributed by atoms with Crippen molar-refractivity contribution in [2.75, 3.05) is 6.61 Å². The summed E-state index contributed by atoms with van der Waals surface area (Å²) in [6.45, 7) is 3.86. The Morgan fingerprint density at radius 3 is 3.00 bits per heavy atom. The molecule has 4 heterocycles. The van der Waals surface area contributed by atoms with Crippen molar-refractivity contribution >= 4 is 5.91 Å². The van der Waals surface area contributed by atoms with Crippen molar-refractivity contribution in [3.8, 4) is 0 Å². The molecule has 3 atom stereocenters. The van der Waals surface area contributed by atoms with Gasteiger partial charge in [-0.2, -0.15) is 10.2 Å². The highest BCUT2D eigenvalue weighted by Gasteiger charge is 2.37. The Labute approximate surface area is 175 Å². The van der Waals surface area contributed by atoms with E-state index in [4.69, 9.17) is 4.74 Å². The van der Waals surface area contributed by atoms with Crippen molar-refractivity contribution in [1.82, 2.24) is 29.9 Å². The summed E-state index contributed by atoms with van der Waals surface area (Å²) in [5, 5.41) is 12.1. The Hall–Kier alpha value is -3.00. The Morgan fingerprint density at radius 1 is 1.27 bits per heavy atom. The average Bonchev–Trinajstić information content (AvgIpc) is 3.47. The van der Waals surface area contributed by atoms with Crippen LogP contribution in [0.15, 0.2) is 42.7 Å². The molecule has 8 heteroatoms. The molecule has 1 saturated heterocycles. The van der Waals surface area contributed by atoms with E-state index in [1.54, 1.807) is 0 Å². The third kappa shape index (κ3) is 3.87. The molecule has 1 aromatic carbocycles. The number of nitrogens with zero attached hydrogens (tertiary/aromatic N) is 5. The number of fused-ring (bicyclic) bond motifs is 1. The van der Waals surface area contributed by atoms with Crippen LogP contribution in [0.5, 0.6) is 0 Å². The van der Waals surface area contributed by atoms with Crippen LogP contribution in [0.1, 0.15) is 41.7 Å². The Balaban J connectivity index is 1.23. The number of benzene rings is 1. The minimum absolute atomic E-state index is 0.0543. The van der Waals surface area contributed by atoms with Crippen molar-refractivity contribution in [2.24, 2.45) is 5.92 Å². The quantitative estimate of drug-likeness (QED) is 0.701. The molecule has 0 spiro atoms. The lowest BCUT2D eigenvalue weighted by atomic mass is 9.95. The third-order valence-corrected chi connectivity index (χ3v) is 5.91. The number of carbonyl (C=O) groups is 1. The zero-order valence-corrected chi connectivity index (χ0v) is 17.1. The number of ether oxygens (including phenoxy) is 1. The van der Waals surface area contributed by atoms with Gasteiger partial charge in [-0.15, -0.1) is 0 Å². The first kappa shape index (κ1) is 19.0. The molecule has 0 saturated carbocycles. The molecular weight excluding hydrogens is 380 g/mol. The van der Waals surface area contributed by atoms with Crippen LogP contribution >= 0.6 is 0 Å². The molecule has 0 aliphatic carbocycles. The van der Waals surface area contributed by atoms with Crippen LogP contribution in [0.3, 0.4) is 0 Å². The van der Waals surface area contributed by atoms with Crippen LogP contribution in [0.25, 0.3) is 0 Å². The first-order valence-electron chi connectivity index (χ1n) is 10.5. The number of aromatic nitrogens is 5. The molecule has 0 radical (unpaired) electrons. The van der Waals surface area contributed by atoms with E-state index in [1.807, 2.05) is 46.9 Å². The second kappa shape index (κ2) is 8.02. The summed E-state index contributed by atoms with van der Waals surface area (Å²) in [5.41, 5.74) is 2.15. The SMILES string of the molecule is Cc1nc2n(n1)C[C@@H](NC(=O)[C@H]1CCO[C@@H]1c1cnn(Cc3ccccc3)c1)CC2. The molecule has 1 fully saturated rings. The maximum absolute atomic E-state index is 13.0. The number of hydrogen-bond donors (Lipinski definition) is 1. The number of aryl methyl sites for hydroxylation is 2. The topological polar surface area (TPSA) is 86.9 Å². The fraction of sp³-hybridized carbons (Fsp3) is 0.455. The molecule has 2 aromatic heterocycles. The molecule has 2 aliphatic heterocycles. The Morgan fingerprint density at radius 2 is 2.13 bits per heavy atom. The summed E-state index contributed by atoms with van der Waals surface area (Å²) < 4.78 is 9.76. The zero-order chi connectivity index (χ0) is 20.5. The van der Waals surface area contributed by atoms with Crippen LogP contribution in [0.4, 0.5) is 0 Å². The molecule has 0 bridgehead atoms. The van der Waals surface area contributed by atoms with E-state index < -0.39 is 0 Å². The summed E-state index contributed by atoms with van der Waals surface area (Å²) in [7, 11) is 0.